The molecule has 1 aromatic carbocycles. The third-order valence-corrected chi connectivity index (χ3v) is 7.60. The smallest absolute Gasteiger partial charge is 0.243 e. The van der Waals surface area contributed by atoms with Crippen LogP contribution in [0.5, 0.6) is 0 Å². The van der Waals surface area contributed by atoms with E-state index < -0.39 is 10.0 Å². The van der Waals surface area contributed by atoms with Gasteiger partial charge in [0.25, 0.3) is 0 Å². The standard InChI is InChI=1S/C20H31N3O3S.ClH/c1-21-18-6-5-13-22(16-18)20(24)12-9-17-7-10-19(11-8-17)27(25,26)23-14-3-2-4-15-23;/h7-8,10-11,18,21H,2-6,9,12-16H2,1H3;1H. The number of carbonyl (C=O) groups is 1. The highest BCUT2D eigenvalue weighted by atomic mass is 35.5. The normalized spacial score (nSPS) is 21.2. The van der Waals surface area contributed by atoms with Gasteiger partial charge in [-0.3, -0.25) is 4.79 Å². The maximum atomic E-state index is 12.7. The predicted molar refractivity (Wildman–Crippen MR) is 113 cm³/mol. The molecule has 6 nitrogen and oxygen atoms in total. The highest BCUT2D eigenvalue weighted by Gasteiger charge is 2.26. The molecule has 2 aliphatic rings. The van der Waals surface area contributed by atoms with Crippen molar-refractivity contribution in [1.29, 1.82) is 0 Å². The number of benzene rings is 1. The lowest BCUT2D eigenvalue weighted by molar-refractivity contribution is -0.132. The molecular formula is C20H32ClN3O3S. The Balaban J connectivity index is 0.00000280. The first-order valence-electron chi connectivity index (χ1n) is 10.0. The third kappa shape index (κ3) is 5.69. The fourth-order valence-corrected chi connectivity index (χ4v) is 5.45. The van der Waals surface area contributed by atoms with Crippen LogP contribution in [0.15, 0.2) is 29.2 Å². The molecule has 3 rings (SSSR count). The number of halogens is 1. The molecule has 158 valence electrons. The van der Waals surface area contributed by atoms with E-state index in [1.165, 1.54) is 0 Å². The van der Waals surface area contributed by atoms with Crippen LogP contribution in [-0.2, 0) is 21.2 Å². The molecule has 2 saturated heterocycles. The van der Waals surface area contributed by atoms with Gasteiger partial charge < -0.3 is 10.2 Å². The Morgan fingerprint density at radius 3 is 2.39 bits per heavy atom. The zero-order chi connectivity index (χ0) is 19.3. The van der Waals surface area contributed by atoms with Gasteiger partial charge in [-0.15, -0.1) is 12.4 Å². The van der Waals surface area contributed by atoms with Crippen LogP contribution >= 0.6 is 12.4 Å². The van der Waals surface area contributed by atoms with Crippen molar-refractivity contribution in [3.63, 3.8) is 0 Å². The Kier molecular flexibility index (Phi) is 8.74. The van der Waals surface area contributed by atoms with Gasteiger partial charge in [-0.2, -0.15) is 4.31 Å². The van der Waals surface area contributed by atoms with Crippen LogP contribution < -0.4 is 5.32 Å². The number of hydrogen-bond donors (Lipinski definition) is 1. The topological polar surface area (TPSA) is 69.7 Å². The number of likely N-dealkylation sites (N-methyl/N-ethyl adjacent to an activating group) is 1. The quantitative estimate of drug-likeness (QED) is 0.753. The van der Waals surface area contributed by atoms with Crippen molar-refractivity contribution in [2.24, 2.45) is 0 Å². The molecule has 0 bridgehead atoms. The summed E-state index contributed by atoms with van der Waals surface area (Å²) in [5.41, 5.74) is 1.00. The summed E-state index contributed by atoms with van der Waals surface area (Å²) in [6.07, 6.45) is 6.24. The van der Waals surface area contributed by atoms with Crippen LogP contribution in [0.2, 0.25) is 0 Å². The predicted octanol–water partition coefficient (Wildman–Crippen LogP) is 2.43. The zero-order valence-corrected chi connectivity index (χ0v) is 18.2. The monoisotopic (exact) mass is 429 g/mol. The molecule has 1 unspecified atom stereocenters. The average Bonchev–Trinajstić information content (AvgIpc) is 2.73. The van der Waals surface area contributed by atoms with E-state index in [4.69, 9.17) is 0 Å². The lowest BCUT2D eigenvalue weighted by atomic mass is 10.0. The molecule has 1 atom stereocenters. The number of sulfonamides is 1. The Morgan fingerprint density at radius 2 is 1.75 bits per heavy atom. The molecule has 2 heterocycles. The highest BCUT2D eigenvalue weighted by molar-refractivity contribution is 7.89. The summed E-state index contributed by atoms with van der Waals surface area (Å²) in [5.74, 6) is 0.181. The van der Waals surface area contributed by atoms with Gasteiger partial charge >= 0.3 is 0 Å². The van der Waals surface area contributed by atoms with Gasteiger partial charge in [0.1, 0.15) is 0 Å². The summed E-state index contributed by atoms with van der Waals surface area (Å²) in [6.45, 7) is 2.84. The second kappa shape index (κ2) is 10.6. The first-order valence-corrected chi connectivity index (χ1v) is 11.5. The largest absolute Gasteiger partial charge is 0.341 e. The van der Waals surface area contributed by atoms with Gasteiger partial charge in [-0.05, 0) is 56.8 Å². The fourth-order valence-electron chi connectivity index (χ4n) is 3.93. The SMILES string of the molecule is CNC1CCCN(C(=O)CCc2ccc(S(=O)(=O)N3CCCCC3)cc2)C1.Cl. The van der Waals surface area contributed by atoms with Gasteiger partial charge in [0, 0.05) is 38.6 Å². The number of aryl methyl sites for hydroxylation is 1. The molecular weight excluding hydrogens is 398 g/mol. The zero-order valence-electron chi connectivity index (χ0n) is 16.6. The molecule has 0 saturated carbocycles. The van der Waals surface area contributed by atoms with E-state index in [0.717, 1.165) is 50.8 Å². The average molecular weight is 430 g/mol. The van der Waals surface area contributed by atoms with E-state index in [0.29, 0.717) is 36.9 Å². The lowest BCUT2D eigenvalue weighted by Crippen LogP contribution is -2.47. The Hall–Kier alpha value is -1.15. The first kappa shape index (κ1) is 23.1. The van der Waals surface area contributed by atoms with Crippen LogP contribution in [0.3, 0.4) is 0 Å². The number of likely N-dealkylation sites (tertiary alicyclic amines) is 1. The summed E-state index contributed by atoms with van der Waals surface area (Å²) in [7, 11) is -1.44. The summed E-state index contributed by atoms with van der Waals surface area (Å²) >= 11 is 0. The number of rotatable bonds is 6. The van der Waals surface area contributed by atoms with E-state index in [-0.39, 0.29) is 18.3 Å². The van der Waals surface area contributed by atoms with Gasteiger partial charge in [0.05, 0.1) is 4.90 Å². The van der Waals surface area contributed by atoms with Crippen molar-refractivity contribution < 1.29 is 13.2 Å². The maximum Gasteiger partial charge on any atom is 0.243 e. The summed E-state index contributed by atoms with van der Waals surface area (Å²) in [6, 6.07) is 7.44. The van der Waals surface area contributed by atoms with Crippen molar-refractivity contribution in [1.82, 2.24) is 14.5 Å². The number of nitrogens with one attached hydrogen (secondary N) is 1. The van der Waals surface area contributed by atoms with Gasteiger partial charge in [-0.25, -0.2) is 8.42 Å². The van der Waals surface area contributed by atoms with Gasteiger partial charge in [-0.1, -0.05) is 18.6 Å². The molecule has 2 aliphatic heterocycles. The van der Waals surface area contributed by atoms with E-state index in [2.05, 4.69) is 5.32 Å². The molecule has 28 heavy (non-hydrogen) atoms. The molecule has 2 fully saturated rings. The van der Waals surface area contributed by atoms with Crippen LogP contribution in [0.1, 0.15) is 44.1 Å². The number of piperidine rings is 2. The van der Waals surface area contributed by atoms with Gasteiger partial charge in [0.2, 0.25) is 15.9 Å². The Labute approximate surface area is 175 Å². The van der Waals surface area contributed by atoms with Crippen LogP contribution in [0.25, 0.3) is 0 Å². The van der Waals surface area contributed by atoms with Crippen molar-refractivity contribution in [3.8, 4) is 0 Å². The summed E-state index contributed by atoms with van der Waals surface area (Å²) in [4.78, 5) is 14.8. The van der Waals surface area contributed by atoms with Crippen LogP contribution in [0.4, 0.5) is 0 Å². The van der Waals surface area contributed by atoms with E-state index in [9.17, 15) is 13.2 Å². The molecule has 8 heteroatoms. The number of carbonyl (C=O) groups excluding carboxylic acids is 1. The molecule has 1 aromatic rings. The van der Waals surface area contributed by atoms with Gasteiger partial charge in [0.15, 0.2) is 0 Å². The second-order valence-corrected chi connectivity index (χ2v) is 9.51. The van der Waals surface area contributed by atoms with Crippen LogP contribution in [0, 0.1) is 0 Å². The van der Waals surface area contributed by atoms with Crippen molar-refractivity contribution in [3.05, 3.63) is 29.8 Å². The molecule has 0 aromatic heterocycles. The minimum atomic E-state index is -3.39. The molecule has 0 aliphatic carbocycles. The molecule has 1 amide bonds. The lowest BCUT2D eigenvalue weighted by Gasteiger charge is -2.32. The minimum absolute atomic E-state index is 0. The Morgan fingerprint density at radius 1 is 1.07 bits per heavy atom. The number of nitrogens with zero attached hydrogens (tertiary/aromatic N) is 2. The van der Waals surface area contributed by atoms with Crippen LogP contribution in [-0.4, -0.2) is 62.8 Å². The van der Waals surface area contributed by atoms with Crippen molar-refractivity contribution >= 4 is 28.3 Å². The highest BCUT2D eigenvalue weighted by Crippen LogP contribution is 2.21. The van der Waals surface area contributed by atoms with E-state index >= 15 is 0 Å². The van der Waals surface area contributed by atoms with Crippen molar-refractivity contribution in [2.75, 3.05) is 33.2 Å². The third-order valence-electron chi connectivity index (χ3n) is 5.69. The molecule has 0 spiro atoms. The molecule has 0 radical (unpaired) electrons. The maximum absolute atomic E-state index is 12.7. The number of amides is 1. The Bertz CT molecular complexity index is 734. The number of hydrogen-bond acceptors (Lipinski definition) is 4. The summed E-state index contributed by atoms with van der Waals surface area (Å²) < 4.78 is 27.0. The van der Waals surface area contributed by atoms with E-state index in [1.54, 1.807) is 16.4 Å². The second-order valence-electron chi connectivity index (χ2n) is 7.58. The van der Waals surface area contributed by atoms with Crippen molar-refractivity contribution in [2.45, 2.75) is 55.9 Å². The molecule has 1 N–H and O–H groups in total. The van der Waals surface area contributed by atoms with E-state index in [1.807, 2.05) is 24.1 Å². The first-order chi connectivity index (χ1) is 13.0. The summed E-state index contributed by atoms with van der Waals surface area (Å²) in [5, 5.41) is 3.26. The minimum Gasteiger partial charge on any atom is -0.341 e. The fraction of sp³-hybridized carbons (Fsp3) is 0.650.